The van der Waals surface area contributed by atoms with Gasteiger partial charge in [-0.15, -0.1) is 0 Å². The summed E-state index contributed by atoms with van der Waals surface area (Å²) in [5, 5.41) is 5.41. The van der Waals surface area contributed by atoms with E-state index in [0.29, 0.717) is 5.15 Å². The molecule has 2 rings (SSSR count). The van der Waals surface area contributed by atoms with Crippen LogP contribution >= 0.6 is 27.5 Å². The number of fused-ring (bicyclic) bond motifs is 1. The number of nitrogens with zero attached hydrogens (tertiary/aromatic N) is 3. The van der Waals surface area contributed by atoms with Gasteiger partial charge in [-0.3, -0.25) is 0 Å². The van der Waals surface area contributed by atoms with Gasteiger partial charge in [-0.25, -0.2) is 9.50 Å². The Kier molecular flexibility index (Phi) is 2.84. The third-order valence-electron chi connectivity index (χ3n) is 1.73. The van der Waals surface area contributed by atoms with Crippen molar-refractivity contribution in [2.75, 3.05) is 5.33 Å². The molecule has 0 amide bonds. The number of halogens is 2. The van der Waals surface area contributed by atoms with Gasteiger partial charge >= 0.3 is 0 Å². The van der Waals surface area contributed by atoms with Crippen molar-refractivity contribution in [1.82, 2.24) is 14.6 Å². The summed E-state index contributed by atoms with van der Waals surface area (Å²) < 4.78 is 1.71. The standard InChI is InChI=1S/C9H7BrClN3/c10-5-1-2-7-6-12-9-4-3-8(11)13-14(7)9/h1-4,6H,5H2. The second-order valence-electron chi connectivity index (χ2n) is 2.67. The SMILES string of the molecule is Clc1ccc2ncc(C=CCBr)n2n1. The molecule has 0 saturated carbocycles. The van der Waals surface area contributed by atoms with E-state index in [0.717, 1.165) is 16.7 Å². The number of hydrogen-bond donors (Lipinski definition) is 0. The Balaban J connectivity index is 2.55. The second kappa shape index (κ2) is 4.11. The maximum absolute atomic E-state index is 5.79. The first-order valence-electron chi connectivity index (χ1n) is 4.04. The molecule has 14 heavy (non-hydrogen) atoms. The van der Waals surface area contributed by atoms with Gasteiger partial charge in [0.05, 0.1) is 11.9 Å². The molecule has 0 saturated heterocycles. The topological polar surface area (TPSA) is 30.2 Å². The number of alkyl halides is 1. The summed E-state index contributed by atoms with van der Waals surface area (Å²) in [5.41, 5.74) is 1.71. The number of aromatic nitrogens is 3. The smallest absolute Gasteiger partial charge is 0.154 e. The number of allylic oxidation sites excluding steroid dienone is 1. The van der Waals surface area contributed by atoms with Gasteiger partial charge in [0, 0.05) is 5.33 Å². The molecule has 0 unspecified atom stereocenters. The first-order valence-corrected chi connectivity index (χ1v) is 5.54. The summed E-state index contributed by atoms with van der Waals surface area (Å²) in [6.45, 7) is 0. The minimum absolute atomic E-state index is 0.462. The molecular formula is C9H7BrClN3. The van der Waals surface area contributed by atoms with Crippen molar-refractivity contribution in [3.8, 4) is 0 Å². The van der Waals surface area contributed by atoms with E-state index in [2.05, 4.69) is 26.0 Å². The van der Waals surface area contributed by atoms with E-state index < -0.39 is 0 Å². The molecule has 0 N–H and O–H groups in total. The highest BCUT2D eigenvalue weighted by atomic mass is 79.9. The lowest BCUT2D eigenvalue weighted by Gasteiger charge is -1.95. The lowest BCUT2D eigenvalue weighted by molar-refractivity contribution is 0.926. The lowest BCUT2D eigenvalue weighted by Crippen LogP contribution is -1.93. The van der Waals surface area contributed by atoms with E-state index >= 15 is 0 Å². The van der Waals surface area contributed by atoms with Crippen LogP contribution < -0.4 is 0 Å². The first kappa shape index (κ1) is 9.68. The van der Waals surface area contributed by atoms with Crippen LogP contribution in [0, 0.1) is 0 Å². The second-order valence-corrected chi connectivity index (χ2v) is 3.70. The summed E-state index contributed by atoms with van der Waals surface area (Å²) in [6.07, 6.45) is 5.68. The minimum Gasteiger partial charge on any atom is -0.235 e. The molecule has 0 aromatic carbocycles. The van der Waals surface area contributed by atoms with Crippen LogP contribution in [0.2, 0.25) is 5.15 Å². The van der Waals surface area contributed by atoms with Gasteiger partial charge in [-0.05, 0) is 18.2 Å². The van der Waals surface area contributed by atoms with Crippen molar-refractivity contribution in [2.45, 2.75) is 0 Å². The van der Waals surface area contributed by atoms with E-state index in [-0.39, 0.29) is 0 Å². The van der Waals surface area contributed by atoms with Crippen LogP contribution in [-0.4, -0.2) is 19.9 Å². The molecule has 0 atom stereocenters. The Hall–Kier alpha value is -0.870. The largest absolute Gasteiger partial charge is 0.235 e. The Bertz CT molecular complexity index is 478. The molecule has 0 radical (unpaired) electrons. The minimum atomic E-state index is 0.462. The predicted molar refractivity (Wildman–Crippen MR) is 60.8 cm³/mol. The quantitative estimate of drug-likeness (QED) is 0.787. The lowest BCUT2D eigenvalue weighted by atomic mass is 10.4. The highest BCUT2D eigenvalue weighted by Crippen LogP contribution is 2.10. The first-order chi connectivity index (χ1) is 6.81. The zero-order valence-electron chi connectivity index (χ0n) is 7.19. The summed E-state index contributed by atoms with van der Waals surface area (Å²) in [4.78, 5) is 4.19. The van der Waals surface area contributed by atoms with Gasteiger partial charge in [-0.1, -0.05) is 33.6 Å². The number of rotatable bonds is 2. The van der Waals surface area contributed by atoms with Crippen LogP contribution in [0.1, 0.15) is 5.69 Å². The predicted octanol–water partition coefficient (Wildman–Crippen LogP) is 2.79. The number of hydrogen-bond acceptors (Lipinski definition) is 2. The van der Waals surface area contributed by atoms with Crippen LogP contribution in [0.15, 0.2) is 24.4 Å². The van der Waals surface area contributed by atoms with Crippen molar-refractivity contribution in [3.05, 3.63) is 35.3 Å². The van der Waals surface area contributed by atoms with Crippen LogP contribution in [0.3, 0.4) is 0 Å². The molecule has 2 aromatic heterocycles. The average Bonchev–Trinajstić information content (AvgIpc) is 2.57. The van der Waals surface area contributed by atoms with Crippen molar-refractivity contribution in [2.24, 2.45) is 0 Å². The molecular weight excluding hydrogens is 265 g/mol. The van der Waals surface area contributed by atoms with Crippen molar-refractivity contribution >= 4 is 39.3 Å². The van der Waals surface area contributed by atoms with Crippen LogP contribution in [0.4, 0.5) is 0 Å². The maximum atomic E-state index is 5.79. The molecule has 2 heterocycles. The third-order valence-corrected chi connectivity index (χ3v) is 2.31. The third kappa shape index (κ3) is 1.81. The van der Waals surface area contributed by atoms with Gasteiger partial charge in [-0.2, -0.15) is 5.10 Å². The van der Waals surface area contributed by atoms with E-state index in [1.165, 1.54) is 0 Å². The van der Waals surface area contributed by atoms with Gasteiger partial charge < -0.3 is 0 Å². The Morgan fingerprint density at radius 3 is 3.14 bits per heavy atom. The zero-order chi connectivity index (χ0) is 9.97. The molecule has 0 fully saturated rings. The molecule has 2 aromatic rings. The van der Waals surface area contributed by atoms with Crippen LogP contribution in [0.25, 0.3) is 11.7 Å². The molecule has 0 aliphatic rings. The van der Waals surface area contributed by atoms with Crippen molar-refractivity contribution in [1.29, 1.82) is 0 Å². The summed E-state index contributed by atoms with van der Waals surface area (Å²) >= 11 is 9.10. The van der Waals surface area contributed by atoms with Gasteiger partial charge in [0.15, 0.2) is 5.65 Å². The Morgan fingerprint density at radius 2 is 2.36 bits per heavy atom. The Labute approximate surface area is 94.5 Å². The van der Waals surface area contributed by atoms with E-state index in [1.807, 2.05) is 18.2 Å². The van der Waals surface area contributed by atoms with Gasteiger partial charge in [0.2, 0.25) is 0 Å². The highest BCUT2D eigenvalue weighted by molar-refractivity contribution is 9.09. The summed E-state index contributed by atoms with van der Waals surface area (Å²) in [7, 11) is 0. The highest BCUT2D eigenvalue weighted by Gasteiger charge is 2.01. The number of imidazole rings is 1. The van der Waals surface area contributed by atoms with E-state index in [4.69, 9.17) is 11.6 Å². The van der Waals surface area contributed by atoms with Crippen LogP contribution in [-0.2, 0) is 0 Å². The molecule has 0 aliphatic carbocycles. The Morgan fingerprint density at radius 1 is 1.50 bits per heavy atom. The van der Waals surface area contributed by atoms with Crippen LogP contribution in [0.5, 0.6) is 0 Å². The van der Waals surface area contributed by atoms with Gasteiger partial charge in [0.1, 0.15) is 5.15 Å². The molecule has 0 aliphatic heterocycles. The normalized spacial score (nSPS) is 11.6. The van der Waals surface area contributed by atoms with Crippen molar-refractivity contribution < 1.29 is 0 Å². The molecule has 5 heteroatoms. The fourth-order valence-corrected chi connectivity index (χ4v) is 1.47. The maximum Gasteiger partial charge on any atom is 0.154 e. The zero-order valence-corrected chi connectivity index (χ0v) is 9.53. The fraction of sp³-hybridized carbons (Fsp3) is 0.111. The van der Waals surface area contributed by atoms with E-state index in [9.17, 15) is 0 Å². The molecule has 0 spiro atoms. The molecule has 3 nitrogen and oxygen atoms in total. The molecule has 0 bridgehead atoms. The average molecular weight is 273 g/mol. The molecule has 72 valence electrons. The summed E-state index contributed by atoms with van der Waals surface area (Å²) in [5.74, 6) is 0. The van der Waals surface area contributed by atoms with E-state index in [1.54, 1.807) is 16.8 Å². The van der Waals surface area contributed by atoms with Gasteiger partial charge in [0.25, 0.3) is 0 Å². The fourth-order valence-electron chi connectivity index (χ4n) is 1.15. The summed E-state index contributed by atoms with van der Waals surface area (Å²) in [6, 6.07) is 3.56. The monoisotopic (exact) mass is 271 g/mol. The van der Waals surface area contributed by atoms with Crippen molar-refractivity contribution in [3.63, 3.8) is 0 Å².